The molecule has 2 aliphatic heterocycles. The summed E-state index contributed by atoms with van der Waals surface area (Å²) in [6, 6.07) is 6.38. The van der Waals surface area contributed by atoms with Gasteiger partial charge >= 0.3 is 5.97 Å². The van der Waals surface area contributed by atoms with Crippen molar-refractivity contribution >= 4 is 11.8 Å². The van der Waals surface area contributed by atoms with E-state index in [4.69, 9.17) is 9.72 Å². The molecule has 0 fully saturated rings. The van der Waals surface area contributed by atoms with Gasteiger partial charge in [0.1, 0.15) is 11.6 Å². The number of nitrogens with one attached hydrogen (secondary N) is 1. The smallest absolute Gasteiger partial charge is 0.303 e. The monoisotopic (exact) mass is 409 g/mol. The lowest BCUT2D eigenvalue weighted by molar-refractivity contribution is -0.137. The van der Waals surface area contributed by atoms with E-state index >= 15 is 0 Å². The molecule has 2 aromatic rings. The molecule has 4 heterocycles. The molecule has 0 amide bonds. The Hall–Kier alpha value is -2.63. The second-order valence-electron chi connectivity index (χ2n) is 8.40. The summed E-state index contributed by atoms with van der Waals surface area (Å²) in [6.45, 7) is 1.69. The van der Waals surface area contributed by atoms with Crippen LogP contribution in [0.25, 0.3) is 0 Å². The fraction of sp³-hybridized carbons (Fsp3) is 0.542. The number of nitrogens with zero attached hydrogens (tertiary/aromatic N) is 2. The third-order valence-electron chi connectivity index (χ3n) is 6.13. The molecule has 6 nitrogen and oxygen atoms in total. The van der Waals surface area contributed by atoms with Crippen LogP contribution >= 0.6 is 0 Å². The first-order valence-corrected chi connectivity index (χ1v) is 11.2. The molecule has 2 aliphatic rings. The first kappa shape index (κ1) is 20.6. The van der Waals surface area contributed by atoms with Crippen molar-refractivity contribution in [3.8, 4) is 5.75 Å². The Morgan fingerprint density at radius 1 is 1.20 bits per heavy atom. The van der Waals surface area contributed by atoms with Crippen molar-refractivity contribution in [1.82, 2.24) is 9.97 Å². The number of aryl methyl sites for hydroxylation is 2. The van der Waals surface area contributed by atoms with Gasteiger partial charge in [-0.3, -0.25) is 9.78 Å². The number of ether oxygens (including phenoxy) is 1. The minimum atomic E-state index is -0.756. The van der Waals surface area contributed by atoms with E-state index in [2.05, 4.69) is 22.4 Å². The summed E-state index contributed by atoms with van der Waals surface area (Å²) in [5.74, 6) is 1.14. The van der Waals surface area contributed by atoms with Crippen molar-refractivity contribution in [2.75, 3.05) is 18.5 Å². The van der Waals surface area contributed by atoms with E-state index < -0.39 is 5.97 Å². The highest BCUT2D eigenvalue weighted by Gasteiger charge is 2.20. The quantitative estimate of drug-likeness (QED) is 0.561. The fourth-order valence-electron chi connectivity index (χ4n) is 4.44. The molecule has 0 bridgehead atoms. The SMILES string of the molecule is O=C(O)CC(CCCCCCc1ccc2c(n1)NCCC2)c1cnc2c(c1)OCC2. The summed E-state index contributed by atoms with van der Waals surface area (Å²) in [4.78, 5) is 20.6. The Balaban J connectivity index is 1.22. The van der Waals surface area contributed by atoms with E-state index in [0.29, 0.717) is 6.61 Å². The van der Waals surface area contributed by atoms with Crippen molar-refractivity contribution < 1.29 is 14.6 Å². The predicted molar refractivity (Wildman–Crippen MR) is 116 cm³/mol. The van der Waals surface area contributed by atoms with Gasteiger partial charge in [-0.1, -0.05) is 25.3 Å². The minimum absolute atomic E-state index is 0.00196. The third-order valence-corrected chi connectivity index (χ3v) is 6.13. The lowest BCUT2D eigenvalue weighted by atomic mass is 9.91. The van der Waals surface area contributed by atoms with Crippen molar-refractivity contribution in [3.63, 3.8) is 0 Å². The van der Waals surface area contributed by atoms with Crippen LogP contribution in [0.5, 0.6) is 5.75 Å². The van der Waals surface area contributed by atoms with Crippen molar-refractivity contribution in [2.24, 2.45) is 0 Å². The second-order valence-corrected chi connectivity index (χ2v) is 8.40. The van der Waals surface area contributed by atoms with E-state index in [0.717, 1.165) is 86.4 Å². The summed E-state index contributed by atoms with van der Waals surface area (Å²) >= 11 is 0. The van der Waals surface area contributed by atoms with Crippen LogP contribution in [0.2, 0.25) is 0 Å². The Morgan fingerprint density at radius 3 is 3.00 bits per heavy atom. The summed E-state index contributed by atoms with van der Waals surface area (Å²) in [7, 11) is 0. The zero-order valence-corrected chi connectivity index (χ0v) is 17.5. The highest BCUT2D eigenvalue weighted by molar-refractivity contribution is 5.68. The Morgan fingerprint density at radius 2 is 2.10 bits per heavy atom. The third kappa shape index (κ3) is 5.29. The topological polar surface area (TPSA) is 84.3 Å². The number of anilines is 1. The molecule has 0 saturated carbocycles. The molecule has 2 N–H and O–H groups in total. The summed E-state index contributed by atoms with van der Waals surface area (Å²) in [5, 5.41) is 12.7. The summed E-state index contributed by atoms with van der Waals surface area (Å²) < 4.78 is 5.61. The number of aliphatic carboxylic acids is 1. The molecule has 0 aliphatic carbocycles. The van der Waals surface area contributed by atoms with E-state index in [-0.39, 0.29) is 12.3 Å². The van der Waals surface area contributed by atoms with Crippen molar-refractivity contribution in [2.45, 2.75) is 70.1 Å². The number of rotatable bonds is 10. The molecular formula is C24H31N3O3. The number of pyridine rings is 2. The van der Waals surface area contributed by atoms with Crippen LogP contribution in [-0.4, -0.2) is 34.2 Å². The Labute approximate surface area is 178 Å². The highest BCUT2D eigenvalue weighted by Crippen LogP contribution is 2.31. The maximum absolute atomic E-state index is 11.3. The average Bonchev–Trinajstić information content (AvgIpc) is 3.23. The molecule has 1 unspecified atom stereocenters. The number of hydrogen-bond donors (Lipinski definition) is 2. The van der Waals surface area contributed by atoms with Gasteiger partial charge in [-0.05, 0) is 61.3 Å². The first-order chi connectivity index (χ1) is 14.7. The standard InChI is InChI=1S/C24H31N3O3/c28-23(29)15-18(19-14-22-21(26-16-19)11-13-30-22)6-3-1-2-4-8-20-10-9-17-7-5-12-25-24(17)27-20/h9-10,14,16,18H,1-8,11-13,15H2,(H,25,27)(H,28,29). The van der Waals surface area contributed by atoms with Gasteiger partial charge in [0.2, 0.25) is 0 Å². The maximum atomic E-state index is 11.3. The molecule has 4 rings (SSSR count). The van der Waals surface area contributed by atoms with Crippen LogP contribution in [0, 0.1) is 0 Å². The minimum Gasteiger partial charge on any atom is -0.491 e. The van der Waals surface area contributed by atoms with E-state index in [1.165, 1.54) is 12.0 Å². The lowest BCUT2D eigenvalue weighted by Crippen LogP contribution is -2.13. The number of hydrogen-bond acceptors (Lipinski definition) is 5. The van der Waals surface area contributed by atoms with Crippen LogP contribution in [-0.2, 0) is 24.1 Å². The molecule has 30 heavy (non-hydrogen) atoms. The van der Waals surface area contributed by atoms with Crippen molar-refractivity contribution in [3.05, 3.63) is 46.9 Å². The Kier molecular flexibility index (Phi) is 6.82. The largest absolute Gasteiger partial charge is 0.491 e. The fourth-order valence-corrected chi connectivity index (χ4v) is 4.44. The number of carbonyl (C=O) groups is 1. The van der Waals surface area contributed by atoms with Gasteiger partial charge in [0, 0.05) is 24.9 Å². The molecule has 1 atom stereocenters. The molecule has 6 heteroatoms. The van der Waals surface area contributed by atoms with Gasteiger partial charge in [-0.25, -0.2) is 4.98 Å². The van der Waals surface area contributed by atoms with Gasteiger partial charge in [0.15, 0.2) is 0 Å². The molecule has 0 radical (unpaired) electrons. The summed E-state index contributed by atoms with van der Waals surface area (Å²) in [6.07, 6.45) is 11.4. The first-order valence-electron chi connectivity index (χ1n) is 11.2. The molecule has 0 aromatic carbocycles. The zero-order valence-electron chi connectivity index (χ0n) is 17.5. The molecule has 0 saturated heterocycles. The maximum Gasteiger partial charge on any atom is 0.303 e. The number of unbranched alkanes of at least 4 members (excludes halogenated alkanes) is 3. The van der Waals surface area contributed by atoms with Gasteiger partial charge in [-0.15, -0.1) is 0 Å². The van der Waals surface area contributed by atoms with Gasteiger partial charge in [0.25, 0.3) is 0 Å². The average molecular weight is 410 g/mol. The number of fused-ring (bicyclic) bond motifs is 2. The van der Waals surface area contributed by atoms with Gasteiger partial charge in [0.05, 0.1) is 18.7 Å². The van der Waals surface area contributed by atoms with Crippen LogP contribution in [0.1, 0.15) is 73.4 Å². The zero-order chi connectivity index (χ0) is 20.8. The van der Waals surface area contributed by atoms with Gasteiger partial charge in [-0.2, -0.15) is 0 Å². The van der Waals surface area contributed by atoms with E-state index in [1.54, 1.807) is 0 Å². The molecule has 0 spiro atoms. The summed E-state index contributed by atoms with van der Waals surface area (Å²) in [5.41, 5.74) is 4.47. The van der Waals surface area contributed by atoms with E-state index in [9.17, 15) is 9.90 Å². The lowest BCUT2D eigenvalue weighted by Gasteiger charge is -2.17. The van der Waals surface area contributed by atoms with Crippen LogP contribution < -0.4 is 10.1 Å². The number of carboxylic acids is 1. The highest BCUT2D eigenvalue weighted by atomic mass is 16.5. The molecule has 160 valence electrons. The normalized spacial score (nSPS) is 15.6. The molecule has 2 aromatic heterocycles. The Bertz CT molecular complexity index is 884. The van der Waals surface area contributed by atoms with E-state index in [1.807, 2.05) is 12.3 Å². The van der Waals surface area contributed by atoms with Crippen LogP contribution in [0.4, 0.5) is 5.82 Å². The number of aromatic nitrogens is 2. The van der Waals surface area contributed by atoms with Crippen molar-refractivity contribution in [1.29, 1.82) is 0 Å². The van der Waals surface area contributed by atoms with Crippen LogP contribution in [0.15, 0.2) is 24.4 Å². The number of carboxylic acid groups (broad SMARTS) is 1. The second kappa shape index (κ2) is 9.92. The van der Waals surface area contributed by atoms with Gasteiger partial charge < -0.3 is 15.2 Å². The molecular weight excluding hydrogens is 378 g/mol. The van der Waals surface area contributed by atoms with Crippen LogP contribution in [0.3, 0.4) is 0 Å². The predicted octanol–water partition coefficient (Wildman–Crippen LogP) is 4.52.